The van der Waals surface area contributed by atoms with E-state index in [1.165, 1.54) is 12.4 Å². The van der Waals surface area contributed by atoms with Crippen LogP contribution in [0.1, 0.15) is 19.3 Å². The summed E-state index contributed by atoms with van der Waals surface area (Å²) in [4.78, 5) is 17.6. The molecule has 2 atom stereocenters. The van der Waals surface area contributed by atoms with E-state index in [-0.39, 0.29) is 5.56 Å². The van der Waals surface area contributed by atoms with Crippen molar-refractivity contribution in [1.82, 2.24) is 9.97 Å². The van der Waals surface area contributed by atoms with E-state index in [1.54, 1.807) is 7.11 Å². The second-order valence-electron chi connectivity index (χ2n) is 3.81. The number of rotatable bonds is 3. The van der Waals surface area contributed by atoms with Crippen LogP contribution in [0.3, 0.4) is 0 Å². The molecule has 1 fully saturated rings. The molecule has 0 radical (unpaired) electrons. The number of nitrogens with zero attached hydrogens (tertiary/aromatic N) is 1. The summed E-state index contributed by atoms with van der Waals surface area (Å²) in [5, 5.41) is 3.23. The summed E-state index contributed by atoms with van der Waals surface area (Å²) in [5.74, 6) is 0.639. The minimum atomic E-state index is -0.131. The van der Waals surface area contributed by atoms with Crippen LogP contribution in [-0.2, 0) is 4.74 Å². The highest BCUT2D eigenvalue weighted by Gasteiger charge is 2.24. The third-order valence-corrected chi connectivity index (χ3v) is 2.75. The molecular weight excluding hydrogens is 194 g/mol. The second-order valence-corrected chi connectivity index (χ2v) is 3.81. The van der Waals surface area contributed by atoms with Gasteiger partial charge >= 0.3 is 0 Å². The lowest BCUT2D eigenvalue weighted by Crippen LogP contribution is -2.19. The van der Waals surface area contributed by atoms with Gasteiger partial charge in [-0.15, -0.1) is 0 Å². The molecule has 1 aromatic heterocycles. The number of aromatic nitrogens is 2. The van der Waals surface area contributed by atoms with Gasteiger partial charge in [-0.1, -0.05) is 0 Å². The Morgan fingerprint density at radius 1 is 1.60 bits per heavy atom. The largest absolute Gasteiger partial charge is 0.381 e. The molecule has 0 aromatic carbocycles. The zero-order chi connectivity index (χ0) is 10.7. The lowest BCUT2D eigenvalue weighted by Gasteiger charge is -2.12. The molecule has 15 heavy (non-hydrogen) atoms. The third-order valence-electron chi connectivity index (χ3n) is 2.75. The van der Waals surface area contributed by atoms with Crippen molar-refractivity contribution >= 4 is 5.82 Å². The zero-order valence-corrected chi connectivity index (χ0v) is 8.69. The SMILES string of the molecule is COC1CCC(Nc2cc(=O)[nH]cn2)C1. The van der Waals surface area contributed by atoms with Gasteiger partial charge in [-0.25, -0.2) is 4.98 Å². The summed E-state index contributed by atoms with van der Waals surface area (Å²) in [7, 11) is 1.73. The van der Waals surface area contributed by atoms with Crippen LogP contribution in [0.25, 0.3) is 0 Å². The quantitative estimate of drug-likeness (QED) is 0.770. The van der Waals surface area contributed by atoms with E-state index >= 15 is 0 Å². The van der Waals surface area contributed by atoms with Crippen LogP contribution in [0.2, 0.25) is 0 Å². The topological polar surface area (TPSA) is 67.0 Å². The monoisotopic (exact) mass is 209 g/mol. The number of H-pyrrole nitrogens is 1. The first kappa shape index (κ1) is 10.2. The van der Waals surface area contributed by atoms with E-state index < -0.39 is 0 Å². The number of ether oxygens (including phenoxy) is 1. The maximum atomic E-state index is 11.0. The molecule has 1 aliphatic carbocycles. The molecule has 5 nitrogen and oxygen atoms in total. The second kappa shape index (κ2) is 4.44. The van der Waals surface area contributed by atoms with Crippen LogP contribution in [0.4, 0.5) is 5.82 Å². The highest BCUT2D eigenvalue weighted by Crippen LogP contribution is 2.23. The van der Waals surface area contributed by atoms with Crippen molar-refractivity contribution in [3.8, 4) is 0 Å². The molecule has 1 aliphatic rings. The van der Waals surface area contributed by atoms with Gasteiger partial charge in [0.15, 0.2) is 0 Å². The van der Waals surface area contributed by atoms with Gasteiger partial charge in [0.1, 0.15) is 5.82 Å². The molecule has 0 aliphatic heterocycles. The van der Waals surface area contributed by atoms with E-state index in [0.29, 0.717) is 18.0 Å². The van der Waals surface area contributed by atoms with Gasteiger partial charge in [0, 0.05) is 19.2 Å². The van der Waals surface area contributed by atoms with E-state index in [0.717, 1.165) is 19.3 Å². The Morgan fingerprint density at radius 2 is 2.47 bits per heavy atom. The molecule has 1 aromatic rings. The Bertz CT molecular complexity index is 377. The first-order chi connectivity index (χ1) is 7.28. The summed E-state index contributed by atoms with van der Waals surface area (Å²) >= 11 is 0. The van der Waals surface area contributed by atoms with E-state index in [4.69, 9.17) is 4.74 Å². The number of aromatic amines is 1. The van der Waals surface area contributed by atoms with Crippen molar-refractivity contribution in [2.24, 2.45) is 0 Å². The molecule has 0 spiro atoms. The maximum absolute atomic E-state index is 11.0. The molecule has 0 bridgehead atoms. The molecule has 2 rings (SSSR count). The Morgan fingerprint density at radius 3 is 3.13 bits per heavy atom. The average Bonchev–Trinajstić information content (AvgIpc) is 2.65. The fourth-order valence-electron chi connectivity index (χ4n) is 1.94. The summed E-state index contributed by atoms with van der Waals surface area (Å²) in [6.07, 6.45) is 4.85. The number of hydrogen-bond acceptors (Lipinski definition) is 4. The average molecular weight is 209 g/mol. The standard InChI is InChI=1S/C10H15N3O2/c1-15-8-3-2-7(4-8)13-9-5-10(14)12-6-11-9/h5-8H,2-4H2,1H3,(H2,11,12,13,14). The van der Waals surface area contributed by atoms with Crippen molar-refractivity contribution in [1.29, 1.82) is 0 Å². The predicted molar refractivity (Wildman–Crippen MR) is 56.9 cm³/mol. The number of nitrogens with one attached hydrogen (secondary N) is 2. The van der Waals surface area contributed by atoms with Gasteiger partial charge in [-0.3, -0.25) is 4.79 Å². The van der Waals surface area contributed by atoms with Crippen molar-refractivity contribution < 1.29 is 4.74 Å². The van der Waals surface area contributed by atoms with Crippen molar-refractivity contribution in [3.05, 3.63) is 22.7 Å². The number of anilines is 1. The van der Waals surface area contributed by atoms with Crippen molar-refractivity contribution in [2.45, 2.75) is 31.4 Å². The van der Waals surface area contributed by atoms with E-state index in [1.807, 2.05) is 0 Å². The summed E-state index contributed by atoms with van der Waals surface area (Å²) < 4.78 is 5.27. The molecular formula is C10H15N3O2. The fraction of sp³-hybridized carbons (Fsp3) is 0.600. The number of hydrogen-bond donors (Lipinski definition) is 2. The minimum Gasteiger partial charge on any atom is -0.381 e. The molecule has 0 amide bonds. The first-order valence-corrected chi connectivity index (χ1v) is 5.12. The van der Waals surface area contributed by atoms with Gasteiger partial charge in [0.05, 0.1) is 12.4 Å². The third kappa shape index (κ3) is 2.56. The van der Waals surface area contributed by atoms with E-state index in [9.17, 15) is 4.79 Å². The van der Waals surface area contributed by atoms with Gasteiger partial charge in [-0.05, 0) is 19.3 Å². The molecule has 5 heteroatoms. The van der Waals surface area contributed by atoms with Crippen molar-refractivity contribution in [2.75, 3.05) is 12.4 Å². The minimum absolute atomic E-state index is 0.131. The van der Waals surface area contributed by atoms with Crippen LogP contribution in [0.5, 0.6) is 0 Å². The summed E-state index contributed by atoms with van der Waals surface area (Å²) in [5.41, 5.74) is -0.131. The highest BCUT2D eigenvalue weighted by molar-refractivity contribution is 5.33. The Kier molecular flexibility index (Phi) is 3.01. The summed E-state index contributed by atoms with van der Waals surface area (Å²) in [6.45, 7) is 0. The smallest absolute Gasteiger partial charge is 0.252 e. The Labute approximate surface area is 87.9 Å². The molecule has 1 heterocycles. The lowest BCUT2D eigenvalue weighted by molar-refractivity contribution is 0.108. The van der Waals surface area contributed by atoms with Gasteiger partial charge in [0.2, 0.25) is 0 Å². The molecule has 2 unspecified atom stereocenters. The van der Waals surface area contributed by atoms with Gasteiger partial charge in [0.25, 0.3) is 5.56 Å². The van der Waals surface area contributed by atoms with Gasteiger partial charge in [-0.2, -0.15) is 0 Å². The fourth-order valence-corrected chi connectivity index (χ4v) is 1.94. The Hall–Kier alpha value is -1.36. The van der Waals surface area contributed by atoms with Crippen molar-refractivity contribution in [3.63, 3.8) is 0 Å². The first-order valence-electron chi connectivity index (χ1n) is 5.12. The predicted octanol–water partition coefficient (Wildman–Crippen LogP) is 0.749. The normalized spacial score (nSPS) is 25.4. The van der Waals surface area contributed by atoms with Crippen LogP contribution in [-0.4, -0.2) is 29.2 Å². The van der Waals surface area contributed by atoms with Crippen LogP contribution in [0, 0.1) is 0 Å². The Balaban J connectivity index is 1.95. The summed E-state index contributed by atoms with van der Waals surface area (Å²) in [6, 6.07) is 1.84. The molecule has 2 N–H and O–H groups in total. The van der Waals surface area contributed by atoms with Crippen LogP contribution < -0.4 is 10.9 Å². The zero-order valence-electron chi connectivity index (χ0n) is 8.69. The van der Waals surface area contributed by atoms with Crippen LogP contribution >= 0.6 is 0 Å². The van der Waals surface area contributed by atoms with Crippen LogP contribution in [0.15, 0.2) is 17.2 Å². The molecule has 1 saturated carbocycles. The molecule has 0 saturated heterocycles. The highest BCUT2D eigenvalue weighted by atomic mass is 16.5. The van der Waals surface area contributed by atoms with E-state index in [2.05, 4.69) is 15.3 Å². The number of methoxy groups -OCH3 is 1. The molecule has 82 valence electrons. The van der Waals surface area contributed by atoms with Gasteiger partial charge < -0.3 is 15.0 Å². The lowest BCUT2D eigenvalue weighted by atomic mass is 10.2. The maximum Gasteiger partial charge on any atom is 0.252 e.